The van der Waals surface area contributed by atoms with E-state index in [9.17, 15) is 22.0 Å². The van der Waals surface area contributed by atoms with Crippen molar-refractivity contribution in [3.63, 3.8) is 0 Å². The number of halogens is 2. The Morgan fingerprint density at radius 2 is 1.79 bits per heavy atom. The summed E-state index contributed by atoms with van der Waals surface area (Å²) in [7, 11) is -3.68. The summed E-state index contributed by atoms with van der Waals surface area (Å²) in [6.45, 7) is 0.942. The third kappa shape index (κ3) is 3.37. The predicted molar refractivity (Wildman–Crippen MR) is 99.4 cm³/mol. The van der Waals surface area contributed by atoms with Gasteiger partial charge in [0.2, 0.25) is 5.91 Å². The lowest BCUT2D eigenvalue weighted by Crippen LogP contribution is -2.41. The highest BCUT2D eigenvalue weighted by molar-refractivity contribution is 7.90. The highest BCUT2D eigenvalue weighted by Gasteiger charge is 2.34. The summed E-state index contributed by atoms with van der Waals surface area (Å²) in [5.41, 5.74) is 0.777. The molecule has 28 heavy (non-hydrogen) atoms. The zero-order chi connectivity index (χ0) is 19.9. The van der Waals surface area contributed by atoms with Crippen LogP contribution in [0.2, 0.25) is 0 Å². The number of nitrogens with zero attached hydrogens (tertiary/aromatic N) is 2. The fourth-order valence-corrected chi connectivity index (χ4v) is 4.72. The number of likely N-dealkylation sites (tertiary alicyclic amines) is 1. The second-order valence-corrected chi connectivity index (χ2v) is 8.34. The molecule has 2 aliphatic rings. The van der Waals surface area contributed by atoms with Crippen LogP contribution in [0, 0.1) is 17.6 Å². The molecule has 2 aliphatic heterocycles. The molecule has 4 rings (SSSR count). The number of hydrogen-bond acceptors (Lipinski definition) is 4. The van der Waals surface area contributed by atoms with Crippen molar-refractivity contribution >= 4 is 27.5 Å². The van der Waals surface area contributed by atoms with E-state index in [-0.39, 0.29) is 22.4 Å². The monoisotopic (exact) mass is 405 g/mol. The Hall–Kier alpha value is -2.81. The Bertz CT molecular complexity index is 1080. The van der Waals surface area contributed by atoms with Crippen LogP contribution in [-0.2, 0) is 14.8 Å². The second kappa shape index (κ2) is 6.97. The normalized spacial score (nSPS) is 18.5. The van der Waals surface area contributed by atoms with Gasteiger partial charge in [0, 0.05) is 36.3 Å². The van der Waals surface area contributed by atoms with Gasteiger partial charge in [-0.3, -0.25) is 4.79 Å². The molecular formula is C19H17F2N3O3S. The lowest BCUT2D eigenvalue weighted by atomic mass is 9.95. The summed E-state index contributed by atoms with van der Waals surface area (Å²) in [6.07, 6.45) is 0.994. The molecule has 1 fully saturated rings. The van der Waals surface area contributed by atoms with E-state index < -0.39 is 21.7 Å². The molecule has 2 heterocycles. The Labute approximate surface area is 160 Å². The van der Waals surface area contributed by atoms with Gasteiger partial charge in [0.1, 0.15) is 4.90 Å². The standard InChI is InChI=1S/C19H17F2N3O3S/c20-15-6-5-13(11-16(15)21)22-19(25)12-7-9-24(10-8-12)18-14-3-1-2-4-17(14)28(26,27)23-18/h1-6,11-12H,7-10H2,(H,22,25). The first-order chi connectivity index (χ1) is 13.3. The average molecular weight is 405 g/mol. The van der Waals surface area contributed by atoms with Gasteiger partial charge < -0.3 is 10.2 Å². The number of nitrogens with one attached hydrogen (secondary N) is 1. The summed E-state index contributed by atoms with van der Waals surface area (Å²) >= 11 is 0. The van der Waals surface area contributed by atoms with E-state index in [0.29, 0.717) is 37.3 Å². The Morgan fingerprint density at radius 3 is 2.50 bits per heavy atom. The number of carbonyl (C=O) groups is 1. The minimum absolute atomic E-state index is 0.197. The average Bonchev–Trinajstić information content (AvgIpc) is 2.96. The first kappa shape index (κ1) is 18.5. The van der Waals surface area contributed by atoms with Gasteiger partial charge in [-0.05, 0) is 37.1 Å². The number of amidine groups is 1. The van der Waals surface area contributed by atoms with E-state index in [1.54, 1.807) is 18.2 Å². The molecule has 0 saturated carbocycles. The molecule has 0 unspecified atom stereocenters. The number of hydrogen-bond donors (Lipinski definition) is 1. The molecule has 0 spiro atoms. The number of carbonyl (C=O) groups excluding carboxylic acids is 1. The first-order valence-corrected chi connectivity index (χ1v) is 10.2. The molecule has 0 aliphatic carbocycles. The quantitative estimate of drug-likeness (QED) is 0.833. The molecule has 2 aromatic rings. The van der Waals surface area contributed by atoms with Gasteiger partial charge in [-0.25, -0.2) is 8.78 Å². The van der Waals surface area contributed by atoms with Gasteiger partial charge in [0.05, 0.1) is 0 Å². The molecule has 0 radical (unpaired) electrons. The summed E-state index contributed by atoms with van der Waals surface area (Å²) in [6, 6.07) is 9.88. The van der Waals surface area contributed by atoms with E-state index >= 15 is 0 Å². The fourth-order valence-electron chi connectivity index (χ4n) is 3.49. The Balaban J connectivity index is 1.42. The summed E-state index contributed by atoms with van der Waals surface area (Å²) in [4.78, 5) is 14.5. The van der Waals surface area contributed by atoms with Crippen LogP contribution >= 0.6 is 0 Å². The smallest absolute Gasteiger partial charge is 0.285 e. The molecule has 0 bridgehead atoms. The van der Waals surface area contributed by atoms with Gasteiger partial charge >= 0.3 is 0 Å². The van der Waals surface area contributed by atoms with Crippen LogP contribution < -0.4 is 5.32 Å². The molecule has 2 aromatic carbocycles. The summed E-state index contributed by atoms with van der Waals surface area (Å²) < 4.78 is 54.6. The van der Waals surface area contributed by atoms with Crippen molar-refractivity contribution < 1.29 is 22.0 Å². The lowest BCUT2D eigenvalue weighted by molar-refractivity contribution is -0.120. The topological polar surface area (TPSA) is 78.8 Å². The third-order valence-corrected chi connectivity index (χ3v) is 6.29. The Kier molecular flexibility index (Phi) is 4.62. The van der Waals surface area contributed by atoms with Crippen molar-refractivity contribution in [2.45, 2.75) is 17.7 Å². The van der Waals surface area contributed by atoms with Gasteiger partial charge in [-0.2, -0.15) is 8.42 Å². The Morgan fingerprint density at radius 1 is 1.07 bits per heavy atom. The van der Waals surface area contributed by atoms with Crippen molar-refractivity contribution in [2.75, 3.05) is 18.4 Å². The molecular weight excluding hydrogens is 388 g/mol. The van der Waals surface area contributed by atoms with E-state index in [4.69, 9.17) is 0 Å². The SMILES string of the molecule is O=C(Nc1ccc(F)c(F)c1)C1CCN(C2=NS(=O)(=O)c3ccccc32)CC1. The van der Waals surface area contributed by atoms with Crippen molar-refractivity contribution in [2.24, 2.45) is 10.3 Å². The van der Waals surface area contributed by atoms with Crippen LogP contribution in [0.3, 0.4) is 0 Å². The van der Waals surface area contributed by atoms with Crippen molar-refractivity contribution in [1.29, 1.82) is 0 Å². The zero-order valence-corrected chi connectivity index (χ0v) is 15.5. The van der Waals surface area contributed by atoms with E-state index in [1.165, 1.54) is 12.1 Å². The van der Waals surface area contributed by atoms with Crippen LogP contribution in [-0.4, -0.2) is 38.2 Å². The zero-order valence-electron chi connectivity index (χ0n) is 14.7. The molecule has 9 heteroatoms. The fraction of sp³-hybridized carbons (Fsp3) is 0.263. The van der Waals surface area contributed by atoms with Gasteiger partial charge in [0.25, 0.3) is 10.0 Å². The minimum atomic E-state index is -3.68. The van der Waals surface area contributed by atoms with Crippen LogP contribution in [0.5, 0.6) is 0 Å². The van der Waals surface area contributed by atoms with Crippen LogP contribution in [0.1, 0.15) is 18.4 Å². The number of amides is 1. The highest BCUT2D eigenvalue weighted by atomic mass is 32.2. The maximum absolute atomic E-state index is 13.3. The van der Waals surface area contributed by atoms with Gasteiger partial charge in [0.15, 0.2) is 17.5 Å². The predicted octanol–water partition coefficient (Wildman–Crippen LogP) is 2.76. The number of piperidine rings is 1. The molecule has 0 aromatic heterocycles. The van der Waals surface area contributed by atoms with Crippen molar-refractivity contribution in [3.05, 3.63) is 59.7 Å². The van der Waals surface area contributed by atoms with E-state index in [2.05, 4.69) is 9.71 Å². The van der Waals surface area contributed by atoms with Gasteiger partial charge in [-0.15, -0.1) is 4.40 Å². The highest BCUT2D eigenvalue weighted by Crippen LogP contribution is 2.30. The van der Waals surface area contributed by atoms with Crippen molar-refractivity contribution in [3.8, 4) is 0 Å². The molecule has 1 amide bonds. The van der Waals surface area contributed by atoms with E-state index in [0.717, 1.165) is 12.1 Å². The van der Waals surface area contributed by atoms with Crippen molar-refractivity contribution in [1.82, 2.24) is 4.90 Å². The van der Waals surface area contributed by atoms with E-state index in [1.807, 2.05) is 4.90 Å². The molecule has 6 nitrogen and oxygen atoms in total. The largest absolute Gasteiger partial charge is 0.355 e. The van der Waals surface area contributed by atoms with Crippen LogP contribution in [0.4, 0.5) is 14.5 Å². The molecule has 146 valence electrons. The molecule has 0 atom stereocenters. The number of sulfonamides is 1. The second-order valence-electron chi connectivity index (χ2n) is 6.77. The first-order valence-electron chi connectivity index (χ1n) is 8.80. The molecule has 1 N–H and O–H groups in total. The minimum Gasteiger partial charge on any atom is -0.355 e. The maximum atomic E-state index is 13.3. The summed E-state index contributed by atoms with van der Waals surface area (Å²) in [5, 5.41) is 2.60. The third-order valence-electron chi connectivity index (χ3n) is 4.96. The number of benzene rings is 2. The summed E-state index contributed by atoms with van der Waals surface area (Å²) in [5.74, 6) is -2.16. The number of rotatable bonds is 2. The van der Waals surface area contributed by atoms with Crippen LogP contribution in [0.15, 0.2) is 51.8 Å². The molecule has 1 saturated heterocycles. The maximum Gasteiger partial charge on any atom is 0.285 e. The van der Waals surface area contributed by atoms with Crippen LogP contribution in [0.25, 0.3) is 0 Å². The number of anilines is 1. The lowest BCUT2D eigenvalue weighted by Gasteiger charge is -2.32. The number of fused-ring (bicyclic) bond motifs is 1. The van der Waals surface area contributed by atoms with Gasteiger partial charge in [-0.1, -0.05) is 12.1 Å².